The summed E-state index contributed by atoms with van der Waals surface area (Å²) in [7, 11) is 0. The molecule has 0 atom stereocenters. The summed E-state index contributed by atoms with van der Waals surface area (Å²) in [6.45, 7) is 2.07. The summed E-state index contributed by atoms with van der Waals surface area (Å²) in [5.41, 5.74) is 2.24. The van der Waals surface area contributed by atoms with E-state index in [4.69, 9.17) is 0 Å². The summed E-state index contributed by atoms with van der Waals surface area (Å²) in [5.74, 6) is 0.616. The molecule has 20 heavy (non-hydrogen) atoms. The third-order valence-corrected chi connectivity index (χ3v) is 3.11. The molecule has 0 unspecified atom stereocenters. The highest BCUT2D eigenvalue weighted by Gasteiger charge is 2.11. The van der Waals surface area contributed by atoms with Gasteiger partial charge in [-0.1, -0.05) is 13.3 Å². The van der Waals surface area contributed by atoms with Gasteiger partial charge in [0.2, 0.25) is 0 Å². The molecule has 0 aliphatic heterocycles. The summed E-state index contributed by atoms with van der Waals surface area (Å²) in [6, 6.07) is 5.23. The number of aromatic amines is 1. The van der Waals surface area contributed by atoms with Crippen LogP contribution in [-0.4, -0.2) is 19.9 Å². The Hall–Kier alpha value is -2.56. The predicted octanol–water partition coefficient (Wildman–Crippen LogP) is 2.33. The standard InChI is InChI=1S/C15H14N4O/c1-2-3-11-13-12(20)6-9-17-15(13)19-14(18-11)10-4-7-16-8-5-10/h4-9H,2-3H2,1H3,(H,17,18,19,20). The van der Waals surface area contributed by atoms with E-state index in [2.05, 4.69) is 26.9 Å². The van der Waals surface area contributed by atoms with Gasteiger partial charge in [0.25, 0.3) is 0 Å². The summed E-state index contributed by atoms with van der Waals surface area (Å²) >= 11 is 0. The first kappa shape index (κ1) is 12.5. The molecule has 0 radical (unpaired) electrons. The molecule has 0 saturated heterocycles. The van der Waals surface area contributed by atoms with Crippen LogP contribution in [0.2, 0.25) is 0 Å². The van der Waals surface area contributed by atoms with Gasteiger partial charge in [-0.05, 0) is 18.6 Å². The molecule has 0 aliphatic rings. The molecule has 5 heteroatoms. The largest absolute Gasteiger partial charge is 0.346 e. The Bertz CT molecular complexity index is 796. The molecule has 0 bridgehead atoms. The topological polar surface area (TPSA) is 71.5 Å². The number of aryl methyl sites for hydroxylation is 1. The average molecular weight is 266 g/mol. The molecule has 1 N–H and O–H groups in total. The van der Waals surface area contributed by atoms with Crippen LogP contribution < -0.4 is 5.43 Å². The molecule has 5 nitrogen and oxygen atoms in total. The average Bonchev–Trinajstić information content (AvgIpc) is 2.48. The molecule has 0 aromatic carbocycles. The zero-order valence-electron chi connectivity index (χ0n) is 11.1. The lowest BCUT2D eigenvalue weighted by atomic mass is 10.1. The lowest BCUT2D eigenvalue weighted by Crippen LogP contribution is -2.08. The van der Waals surface area contributed by atoms with E-state index in [-0.39, 0.29) is 5.43 Å². The number of H-pyrrole nitrogens is 1. The molecule has 0 saturated carbocycles. The van der Waals surface area contributed by atoms with Gasteiger partial charge >= 0.3 is 0 Å². The second kappa shape index (κ2) is 5.21. The van der Waals surface area contributed by atoms with Crippen molar-refractivity contribution in [1.82, 2.24) is 19.9 Å². The van der Waals surface area contributed by atoms with E-state index >= 15 is 0 Å². The van der Waals surface area contributed by atoms with Crippen LogP contribution in [0.5, 0.6) is 0 Å². The molecule has 0 spiro atoms. The predicted molar refractivity (Wildman–Crippen MR) is 77.4 cm³/mol. The number of fused-ring (bicyclic) bond motifs is 1. The Kier molecular flexibility index (Phi) is 3.25. The number of nitrogens with one attached hydrogen (secondary N) is 1. The van der Waals surface area contributed by atoms with Crippen LogP contribution in [0.1, 0.15) is 19.0 Å². The van der Waals surface area contributed by atoms with Crippen LogP contribution >= 0.6 is 0 Å². The van der Waals surface area contributed by atoms with E-state index in [1.54, 1.807) is 18.6 Å². The van der Waals surface area contributed by atoms with Crippen molar-refractivity contribution in [3.63, 3.8) is 0 Å². The molecule has 3 aromatic heterocycles. The van der Waals surface area contributed by atoms with Crippen molar-refractivity contribution in [1.29, 1.82) is 0 Å². The van der Waals surface area contributed by atoms with Gasteiger partial charge in [0.05, 0.1) is 11.1 Å². The maximum absolute atomic E-state index is 12.0. The number of hydrogen-bond acceptors (Lipinski definition) is 4. The van der Waals surface area contributed by atoms with E-state index in [0.29, 0.717) is 16.9 Å². The molecule has 3 rings (SSSR count). The third kappa shape index (κ3) is 2.18. The van der Waals surface area contributed by atoms with Crippen LogP contribution in [0.3, 0.4) is 0 Å². The van der Waals surface area contributed by atoms with E-state index in [0.717, 1.165) is 24.1 Å². The lowest BCUT2D eigenvalue weighted by Gasteiger charge is -2.07. The normalized spacial score (nSPS) is 10.8. The minimum Gasteiger partial charge on any atom is -0.346 e. The Balaban J connectivity index is 2.29. The Morgan fingerprint density at radius 1 is 1.15 bits per heavy atom. The van der Waals surface area contributed by atoms with Crippen molar-refractivity contribution in [2.24, 2.45) is 0 Å². The van der Waals surface area contributed by atoms with Crippen molar-refractivity contribution in [2.75, 3.05) is 0 Å². The molecular formula is C15H14N4O. The summed E-state index contributed by atoms with van der Waals surface area (Å²) < 4.78 is 0. The van der Waals surface area contributed by atoms with Gasteiger partial charge in [-0.3, -0.25) is 9.78 Å². The lowest BCUT2D eigenvalue weighted by molar-refractivity contribution is 0.886. The number of pyridine rings is 2. The van der Waals surface area contributed by atoms with Gasteiger partial charge in [0, 0.05) is 30.2 Å². The maximum Gasteiger partial charge on any atom is 0.192 e. The Morgan fingerprint density at radius 3 is 2.70 bits per heavy atom. The van der Waals surface area contributed by atoms with Crippen molar-refractivity contribution in [3.05, 3.63) is 52.7 Å². The van der Waals surface area contributed by atoms with E-state index in [1.807, 2.05) is 12.1 Å². The second-order valence-corrected chi connectivity index (χ2v) is 4.55. The third-order valence-electron chi connectivity index (χ3n) is 3.11. The zero-order chi connectivity index (χ0) is 13.9. The summed E-state index contributed by atoms with van der Waals surface area (Å²) in [4.78, 5) is 28.1. The quantitative estimate of drug-likeness (QED) is 0.789. The summed E-state index contributed by atoms with van der Waals surface area (Å²) in [5, 5.41) is 0.590. The fourth-order valence-corrected chi connectivity index (χ4v) is 2.20. The fraction of sp³-hybridized carbons (Fsp3) is 0.200. The second-order valence-electron chi connectivity index (χ2n) is 4.55. The SMILES string of the molecule is CCCc1nc(-c2ccncc2)nc2[nH]ccc(=O)c12. The molecule has 100 valence electrons. The molecule has 3 aromatic rings. The van der Waals surface area contributed by atoms with Crippen molar-refractivity contribution < 1.29 is 0 Å². The summed E-state index contributed by atoms with van der Waals surface area (Å²) in [6.07, 6.45) is 6.70. The van der Waals surface area contributed by atoms with Gasteiger partial charge in [-0.25, -0.2) is 9.97 Å². The van der Waals surface area contributed by atoms with Crippen LogP contribution in [0, 0.1) is 0 Å². The number of nitrogens with zero attached hydrogens (tertiary/aromatic N) is 3. The van der Waals surface area contributed by atoms with E-state index in [9.17, 15) is 4.79 Å². The van der Waals surface area contributed by atoms with Gasteiger partial charge in [-0.15, -0.1) is 0 Å². The number of aromatic nitrogens is 4. The smallest absolute Gasteiger partial charge is 0.192 e. The molecule has 0 fully saturated rings. The highest BCUT2D eigenvalue weighted by Crippen LogP contribution is 2.18. The highest BCUT2D eigenvalue weighted by molar-refractivity contribution is 5.79. The fourth-order valence-electron chi connectivity index (χ4n) is 2.20. The van der Waals surface area contributed by atoms with Crippen LogP contribution in [0.25, 0.3) is 22.4 Å². The van der Waals surface area contributed by atoms with Gasteiger partial charge in [-0.2, -0.15) is 0 Å². The van der Waals surface area contributed by atoms with Crippen molar-refractivity contribution in [3.8, 4) is 11.4 Å². The Labute approximate surface area is 115 Å². The van der Waals surface area contributed by atoms with E-state index in [1.165, 1.54) is 6.07 Å². The zero-order valence-corrected chi connectivity index (χ0v) is 11.1. The van der Waals surface area contributed by atoms with Crippen molar-refractivity contribution in [2.45, 2.75) is 19.8 Å². The first-order chi connectivity index (χ1) is 9.79. The van der Waals surface area contributed by atoms with Gasteiger partial charge in [0.1, 0.15) is 5.65 Å². The minimum absolute atomic E-state index is 0.0384. The van der Waals surface area contributed by atoms with E-state index < -0.39 is 0 Å². The maximum atomic E-state index is 12.0. The first-order valence-electron chi connectivity index (χ1n) is 6.58. The molecule has 3 heterocycles. The first-order valence-corrected chi connectivity index (χ1v) is 6.58. The monoisotopic (exact) mass is 266 g/mol. The van der Waals surface area contributed by atoms with Crippen LogP contribution in [0.15, 0.2) is 41.6 Å². The number of hydrogen-bond donors (Lipinski definition) is 1. The minimum atomic E-state index is -0.0384. The number of rotatable bonds is 3. The Morgan fingerprint density at radius 2 is 1.95 bits per heavy atom. The van der Waals surface area contributed by atoms with Crippen LogP contribution in [0.4, 0.5) is 0 Å². The molecular weight excluding hydrogens is 252 g/mol. The molecule has 0 aliphatic carbocycles. The highest BCUT2D eigenvalue weighted by atomic mass is 16.1. The van der Waals surface area contributed by atoms with Gasteiger partial charge in [0.15, 0.2) is 11.3 Å². The van der Waals surface area contributed by atoms with Crippen molar-refractivity contribution >= 4 is 11.0 Å². The van der Waals surface area contributed by atoms with Crippen LogP contribution in [-0.2, 0) is 6.42 Å². The molecule has 0 amide bonds. The van der Waals surface area contributed by atoms with Gasteiger partial charge < -0.3 is 4.98 Å².